The van der Waals surface area contributed by atoms with Crippen LogP contribution in [-0.4, -0.2) is 37.0 Å². The minimum Gasteiger partial charge on any atom is -0.298 e. The van der Waals surface area contributed by atoms with Gasteiger partial charge in [-0.25, -0.2) is 0 Å². The lowest BCUT2D eigenvalue weighted by atomic mass is 9.87. The van der Waals surface area contributed by atoms with Crippen molar-refractivity contribution in [3.63, 3.8) is 0 Å². The third-order valence-corrected chi connectivity index (χ3v) is 6.73. The molecule has 2 aliphatic rings. The number of allylic oxidation sites excluding steroid dienone is 1. The van der Waals surface area contributed by atoms with Crippen LogP contribution in [0.5, 0.6) is 0 Å². The Bertz CT molecular complexity index is 1060. The molecule has 0 unspecified atom stereocenters. The monoisotopic (exact) mass is 416 g/mol. The van der Waals surface area contributed by atoms with Crippen LogP contribution in [0.2, 0.25) is 0 Å². The number of benzene rings is 1. The molecule has 0 saturated carbocycles. The van der Waals surface area contributed by atoms with Gasteiger partial charge in [0, 0.05) is 37.8 Å². The van der Waals surface area contributed by atoms with Gasteiger partial charge in [-0.1, -0.05) is 41.5 Å². The molecule has 2 heterocycles. The Hall–Kier alpha value is -2.56. The zero-order valence-electron chi connectivity index (χ0n) is 17.8. The molecule has 1 saturated heterocycles. The number of aliphatic imine (C=N–C) groups is 1. The molecular weight excluding hydrogens is 388 g/mol. The van der Waals surface area contributed by atoms with Gasteiger partial charge in [0.25, 0.3) is 0 Å². The van der Waals surface area contributed by atoms with Crippen molar-refractivity contribution in [2.24, 2.45) is 4.99 Å². The quantitative estimate of drug-likeness (QED) is 0.457. The van der Waals surface area contributed by atoms with Crippen LogP contribution in [0, 0.1) is 0 Å². The van der Waals surface area contributed by atoms with Crippen LogP contribution in [0.25, 0.3) is 5.57 Å². The van der Waals surface area contributed by atoms with Crippen molar-refractivity contribution in [3.05, 3.63) is 86.3 Å². The lowest BCUT2D eigenvalue weighted by Gasteiger charge is -2.30. The van der Waals surface area contributed by atoms with E-state index in [0.29, 0.717) is 6.42 Å². The third kappa shape index (κ3) is 4.30. The second-order valence-corrected chi connectivity index (χ2v) is 9.20. The molecule has 0 radical (unpaired) electrons. The van der Waals surface area contributed by atoms with Gasteiger partial charge in [0.2, 0.25) is 0 Å². The first-order chi connectivity index (χ1) is 14.6. The number of likely N-dealkylation sites (tertiary alicyclic amines) is 1. The topological polar surface area (TPSA) is 32.7 Å². The fraction of sp³-hybridized carbons (Fsp3) is 0.308. The molecular formula is C26H28N2OS. The summed E-state index contributed by atoms with van der Waals surface area (Å²) in [5.74, 6) is 0.244. The van der Waals surface area contributed by atoms with E-state index in [1.54, 1.807) is 11.3 Å². The maximum atomic E-state index is 12.8. The number of thiophene rings is 1. The summed E-state index contributed by atoms with van der Waals surface area (Å²) in [6.45, 7) is 10.8. The summed E-state index contributed by atoms with van der Waals surface area (Å²) in [6, 6.07) is 10.6. The van der Waals surface area contributed by atoms with Crippen molar-refractivity contribution in [2.45, 2.75) is 33.1 Å². The highest BCUT2D eigenvalue weighted by Crippen LogP contribution is 2.40. The van der Waals surface area contributed by atoms with E-state index in [4.69, 9.17) is 0 Å². The van der Waals surface area contributed by atoms with E-state index >= 15 is 0 Å². The summed E-state index contributed by atoms with van der Waals surface area (Å²) in [6.07, 6.45) is 6.60. The summed E-state index contributed by atoms with van der Waals surface area (Å²) < 4.78 is 0. The average Bonchev–Trinajstić information content (AvgIpc) is 3.16. The molecule has 0 spiro atoms. The number of hydrogen-bond acceptors (Lipinski definition) is 4. The highest BCUT2D eigenvalue weighted by molar-refractivity contribution is 7.12. The average molecular weight is 417 g/mol. The predicted octanol–water partition coefficient (Wildman–Crippen LogP) is 5.94. The zero-order chi connectivity index (χ0) is 21.1. The Labute approximate surface area is 183 Å². The number of carbonyl (C=O) groups excluding carboxylic acids is 1. The Balaban J connectivity index is 1.64. The van der Waals surface area contributed by atoms with Crippen LogP contribution in [0.15, 0.2) is 69.7 Å². The summed E-state index contributed by atoms with van der Waals surface area (Å²) in [5, 5.41) is 2.06. The van der Waals surface area contributed by atoms with E-state index in [1.807, 2.05) is 12.3 Å². The molecule has 154 valence electrons. The first-order valence-electron chi connectivity index (χ1n) is 10.5. The normalized spacial score (nSPS) is 17.3. The van der Waals surface area contributed by atoms with Gasteiger partial charge in [0.05, 0.1) is 4.88 Å². The maximum absolute atomic E-state index is 12.8. The maximum Gasteiger partial charge on any atom is 0.177 e. The van der Waals surface area contributed by atoms with E-state index in [2.05, 4.69) is 66.2 Å². The van der Waals surface area contributed by atoms with Crippen LogP contribution in [0.3, 0.4) is 0 Å². The SMILES string of the molecule is C=N/C=C(\C=C(C)C)CN1CCC(=C2c3ccccc3CC(=O)c3sccc32)CC1. The Morgan fingerprint density at radius 1 is 1.17 bits per heavy atom. The number of hydrogen-bond donors (Lipinski definition) is 0. The summed E-state index contributed by atoms with van der Waals surface area (Å²) >= 11 is 1.58. The molecule has 1 aliphatic heterocycles. The molecule has 30 heavy (non-hydrogen) atoms. The molecule has 3 nitrogen and oxygen atoms in total. The van der Waals surface area contributed by atoms with Crippen molar-refractivity contribution < 1.29 is 4.79 Å². The first kappa shape index (κ1) is 20.7. The smallest absolute Gasteiger partial charge is 0.177 e. The second-order valence-electron chi connectivity index (χ2n) is 8.28. The molecule has 2 aromatic rings. The van der Waals surface area contributed by atoms with Gasteiger partial charge in [0.1, 0.15) is 0 Å². The molecule has 1 aliphatic carbocycles. The fourth-order valence-corrected chi connectivity index (χ4v) is 5.36. The van der Waals surface area contributed by atoms with Crippen LogP contribution in [0.4, 0.5) is 0 Å². The number of rotatable bonds is 4. The van der Waals surface area contributed by atoms with Crippen molar-refractivity contribution in [1.29, 1.82) is 0 Å². The largest absolute Gasteiger partial charge is 0.298 e. The molecule has 4 heteroatoms. The van der Waals surface area contributed by atoms with E-state index in [0.717, 1.165) is 48.5 Å². The Kier molecular flexibility index (Phi) is 6.26. The van der Waals surface area contributed by atoms with Crippen LogP contribution in [-0.2, 0) is 6.42 Å². The third-order valence-electron chi connectivity index (χ3n) is 5.78. The molecule has 1 aromatic carbocycles. The predicted molar refractivity (Wildman–Crippen MR) is 128 cm³/mol. The molecule has 0 N–H and O–H groups in total. The number of carbonyl (C=O) groups is 1. The van der Waals surface area contributed by atoms with E-state index in [1.165, 1.54) is 27.9 Å². The van der Waals surface area contributed by atoms with Gasteiger partial charge >= 0.3 is 0 Å². The second kappa shape index (κ2) is 9.07. The molecule has 1 fully saturated rings. The standard InChI is InChI=1S/C26H28N2OS/c1-18(2)14-19(16-27-3)17-28-11-8-20(9-12-28)25-22-7-5-4-6-21(22)15-24(29)26-23(25)10-13-30-26/h4-7,10,13-14,16H,3,8-9,11-12,15,17H2,1-2H3/b19-16+. The molecule has 0 bridgehead atoms. The Morgan fingerprint density at radius 2 is 1.93 bits per heavy atom. The van der Waals surface area contributed by atoms with Gasteiger partial charge in [-0.3, -0.25) is 14.7 Å². The van der Waals surface area contributed by atoms with Gasteiger partial charge < -0.3 is 0 Å². The minimum atomic E-state index is 0.244. The summed E-state index contributed by atoms with van der Waals surface area (Å²) in [4.78, 5) is 20.2. The molecule has 0 amide bonds. The van der Waals surface area contributed by atoms with Crippen molar-refractivity contribution >= 4 is 29.4 Å². The Morgan fingerprint density at radius 3 is 2.67 bits per heavy atom. The summed E-state index contributed by atoms with van der Waals surface area (Å²) in [7, 11) is 0. The fourth-order valence-electron chi connectivity index (χ4n) is 4.52. The highest BCUT2D eigenvalue weighted by atomic mass is 32.1. The van der Waals surface area contributed by atoms with Gasteiger partial charge in [-0.15, -0.1) is 11.3 Å². The number of fused-ring (bicyclic) bond motifs is 2. The van der Waals surface area contributed by atoms with Gasteiger partial charge in [-0.2, -0.15) is 0 Å². The van der Waals surface area contributed by atoms with Crippen molar-refractivity contribution in [3.8, 4) is 0 Å². The minimum absolute atomic E-state index is 0.244. The number of Topliss-reactive ketones (excluding diaryl/α,β-unsaturated/α-hetero) is 1. The zero-order valence-corrected chi connectivity index (χ0v) is 18.6. The number of ketones is 1. The highest BCUT2D eigenvalue weighted by Gasteiger charge is 2.27. The van der Waals surface area contributed by atoms with Crippen LogP contribution >= 0.6 is 11.3 Å². The molecule has 1 aromatic heterocycles. The summed E-state index contributed by atoms with van der Waals surface area (Å²) in [5.41, 5.74) is 8.79. The molecule has 4 rings (SSSR count). The number of nitrogens with zero attached hydrogens (tertiary/aromatic N) is 2. The lowest BCUT2D eigenvalue weighted by Crippen LogP contribution is -2.32. The van der Waals surface area contributed by atoms with Gasteiger partial charge in [0.15, 0.2) is 5.78 Å². The lowest BCUT2D eigenvalue weighted by molar-refractivity contribution is 0.0997. The number of piperidine rings is 1. The van der Waals surface area contributed by atoms with Gasteiger partial charge in [-0.05, 0) is 67.1 Å². The van der Waals surface area contributed by atoms with Crippen LogP contribution < -0.4 is 0 Å². The first-order valence-corrected chi connectivity index (χ1v) is 11.4. The van der Waals surface area contributed by atoms with Crippen LogP contribution in [0.1, 0.15) is 53.1 Å². The van der Waals surface area contributed by atoms with Crippen molar-refractivity contribution in [2.75, 3.05) is 19.6 Å². The van der Waals surface area contributed by atoms with E-state index < -0.39 is 0 Å². The van der Waals surface area contributed by atoms with E-state index in [9.17, 15) is 4.79 Å². The van der Waals surface area contributed by atoms with E-state index in [-0.39, 0.29) is 5.78 Å². The molecule has 0 atom stereocenters. The van der Waals surface area contributed by atoms with Crippen molar-refractivity contribution in [1.82, 2.24) is 4.90 Å².